The highest BCUT2D eigenvalue weighted by molar-refractivity contribution is 5.73. The number of hydrogen-bond donors (Lipinski definition) is 3. The molecule has 0 rings (SSSR count). The second-order valence-corrected chi connectivity index (χ2v) is 4.09. The molecule has 0 saturated heterocycles. The van der Waals surface area contributed by atoms with E-state index in [9.17, 15) is 4.79 Å². The normalized spacial score (nSPS) is 14.0. The third kappa shape index (κ3) is 6.82. The molecule has 0 heterocycles. The fraction of sp³-hybridized carbons (Fsp3) is 0.889. The zero-order chi connectivity index (χ0) is 11.2. The van der Waals surface area contributed by atoms with E-state index in [2.05, 4.69) is 5.48 Å². The van der Waals surface area contributed by atoms with Crippen molar-refractivity contribution in [3.05, 3.63) is 0 Å². The first-order valence-electron chi connectivity index (χ1n) is 4.64. The third-order valence-corrected chi connectivity index (χ3v) is 1.46. The zero-order valence-electron chi connectivity index (χ0n) is 8.91. The van der Waals surface area contributed by atoms with Gasteiger partial charge in [0.05, 0.1) is 5.60 Å². The number of hydroxylamine groups is 1. The summed E-state index contributed by atoms with van der Waals surface area (Å²) < 4.78 is 0. The van der Waals surface area contributed by atoms with Crippen molar-refractivity contribution >= 4 is 5.97 Å². The molecule has 0 aliphatic rings. The van der Waals surface area contributed by atoms with Crippen molar-refractivity contribution in [1.82, 2.24) is 5.48 Å². The summed E-state index contributed by atoms with van der Waals surface area (Å²) in [4.78, 5) is 15.8. The SMILES string of the molecule is CC(C)(C)ON[C@@H](CCCO)C(=O)O. The Kier molecular flexibility index (Phi) is 5.68. The summed E-state index contributed by atoms with van der Waals surface area (Å²) in [6.07, 6.45) is 0.791. The van der Waals surface area contributed by atoms with Crippen molar-refractivity contribution in [2.75, 3.05) is 6.61 Å². The van der Waals surface area contributed by atoms with E-state index in [0.717, 1.165) is 0 Å². The maximum Gasteiger partial charge on any atom is 0.323 e. The summed E-state index contributed by atoms with van der Waals surface area (Å²) >= 11 is 0. The predicted octanol–water partition coefficient (Wildman–Crippen LogP) is 0.532. The molecule has 0 spiro atoms. The van der Waals surface area contributed by atoms with Gasteiger partial charge in [-0.1, -0.05) is 0 Å². The van der Waals surface area contributed by atoms with Crippen LogP contribution in [0.5, 0.6) is 0 Å². The van der Waals surface area contributed by atoms with Gasteiger partial charge in [0, 0.05) is 6.61 Å². The molecule has 1 atom stereocenters. The van der Waals surface area contributed by atoms with Crippen LogP contribution < -0.4 is 5.48 Å². The molecule has 0 aromatic rings. The average molecular weight is 205 g/mol. The van der Waals surface area contributed by atoms with Gasteiger partial charge in [0.15, 0.2) is 0 Å². The minimum atomic E-state index is -0.970. The van der Waals surface area contributed by atoms with Crippen molar-refractivity contribution in [1.29, 1.82) is 0 Å². The highest BCUT2D eigenvalue weighted by atomic mass is 16.7. The summed E-state index contributed by atoms with van der Waals surface area (Å²) in [6, 6.07) is -0.763. The first-order valence-corrected chi connectivity index (χ1v) is 4.64. The largest absolute Gasteiger partial charge is 0.480 e. The van der Waals surface area contributed by atoms with Crippen molar-refractivity contribution in [3.63, 3.8) is 0 Å². The molecule has 0 aromatic carbocycles. The molecule has 0 saturated carbocycles. The van der Waals surface area contributed by atoms with Gasteiger partial charge in [-0.3, -0.25) is 9.63 Å². The Labute approximate surface area is 84.0 Å². The molecule has 0 aromatic heterocycles. The van der Waals surface area contributed by atoms with Crippen LogP contribution in [0.2, 0.25) is 0 Å². The minimum Gasteiger partial charge on any atom is -0.480 e. The number of aliphatic hydroxyl groups is 1. The second kappa shape index (κ2) is 5.95. The highest BCUT2D eigenvalue weighted by Gasteiger charge is 2.20. The van der Waals surface area contributed by atoms with E-state index in [1.54, 1.807) is 0 Å². The molecule has 0 radical (unpaired) electrons. The third-order valence-electron chi connectivity index (χ3n) is 1.46. The fourth-order valence-corrected chi connectivity index (χ4v) is 0.776. The lowest BCUT2D eigenvalue weighted by Gasteiger charge is -2.22. The quantitative estimate of drug-likeness (QED) is 0.551. The number of hydrogen-bond acceptors (Lipinski definition) is 4. The summed E-state index contributed by atoms with van der Waals surface area (Å²) in [5, 5.41) is 17.3. The van der Waals surface area contributed by atoms with Crippen LogP contribution in [0.15, 0.2) is 0 Å². The number of carboxylic acid groups (broad SMARTS) is 1. The summed E-state index contributed by atoms with van der Waals surface area (Å²) in [7, 11) is 0. The van der Waals surface area contributed by atoms with Crippen LogP contribution in [0.25, 0.3) is 0 Å². The van der Waals surface area contributed by atoms with Gasteiger partial charge in [-0.05, 0) is 33.6 Å². The van der Waals surface area contributed by atoms with Crippen molar-refractivity contribution < 1.29 is 19.8 Å². The summed E-state index contributed by atoms with van der Waals surface area (Å²) in [5.41, 5.74) is 2.06. The number of aliphatic hydroxyl groups excluding tert-OH is 1. The van der Waals surface area contributed by atoms with E-state index in [4.69, 9.17) is 15.1 Å². The van der Waals surface area contributed by atoms with Gasteiger partial charge in [0.2, 0.25) is 0 Å². The van der Waals surface area contributed by atoms with Crippen LogP contribution in [0.4, 0.5) is 0 Å². The van der Waals surface area contributed by atoms with Crippen molar-refractivity contribution in [2.45, 2.75) is 45.3 Å². The molecule has 0 amide bonds. The lowest BCUT2D eigenvalue weighted by atomic mass is 10.2. The maximum atomic E-state index is 10.7. The summed E-state index contributed by atoms with van der Waals surface area (Å²) in [5.74, 6) is -0.970. The van der Waals surface area contributed by atoms with Crippen molar-refractivity contribution in [2.24, 2.45) is 0 Å². The van der Waals surface area contributed by atoms with Crippen molar-refractivity contribution in [3.8, 4) is 0 Å². The van der Waals surface area contributed by atoms with Gasteiger partial charge in [-0.15, -0.1) is 0 Å². The van der Waals surface area contributed by atoms with Gasteiger partial charge in [0.25, 0.3) is 0 Å². The van der Waals surface area contributed by atoms with Crippen LogP contribution in [0.3, 0.4) is 0 Å². The molecular weight excluding hydrogens is 186 g/mol. The van der Waals surface area contributed by atoms with Gasteiger partial charge in [-0.25, -0.2) is 0 Å². The molecule has 0 unspecified atom stereocenters. The van der Waals surface area contributed by atoms with E-state index in [0.29, 0.717) is 12.8 Å². The van der Waals surface area contributed by atoms with Crippen LogP contribution in [-0.2, 0) is 9.63 Å². The first-order chi connectivity index (χ1) is 6.37. The van der Waals surface area contributed by atoms with Crippen LogP contribution >= 0.6 is 0 Å². The van der Waals surface area contributed by atoms with Gasteiger partial charge in [0.1, 0.15) is 6.04 Å². The molecule has 0 bridgehead atoms. The van der Waals surface area contributed by atoms with E-state index in [1.807, 2.05) is 20.8 Å². The number of carboxylic acids is 1. The number of carbonyl (C=O) groups is 1. The monoisotopic (exact) mass is 205 g/mol. The zero-order valence-corrected chi connectivity index (χ0v) is 8.91. The second-order valence-electron chi connectivity index (χ2n) is 4.09. The fourth-order valence-electron chi connectivity index (χ4n) is 0.776. The molecule has 0 fully saturated rings. The number of rotatable bonds is 6. The number of nitrogens with one attached hydrogen (secondary N) is 1. The Morgan fingerprint density at radius 1 is 1.50 bits per heavy atom. The smallest absolute Gasteiger partial charge is 0.323 e. The highest BCUT2D eigenvalue weighted by Crippen LogP contribution is 2.06. The van der Waals surface area contributed by atoms with E-state index < -0.39 is 17.6 Å². The van der Waals surface area contributed by atoms with Crippen LogP contribution in [0.1, 0.15) is 33.6 Å². The Morgan fingerprint density at radius 3 is 2.43 bits per heavy atom. The first kappa shape index (κ1) is 13.4. The van der Waals surface area contributed by atoms with Gasteiger partial charge in [-0.2, -0.15) is 5.48 Å². The molecular formula is C9H19NO4. The summed E-state index contributed by atoms with van der Waals surface area (Å²) in [6.45, 7) is 5.46. The Morgan fingerprint density at radius 2 is 2.07 bits per heavy atom. The number of aliphatic carboxylic acids is 1. The van der Waals surface area contributed by atoms with E-state index in [-0.39, 0.29) is 6.61 Å². The van der Waals surface area contributed by atoms with E-state index >= 15 is 0 Å². The Bertz CT molecular complexity index is 176. The molecule has 14 heavy (non-hydrogen) atoms. The van der Waals surface area contributed by atoms with Gasteiger partial charge < -0.3 is 10.2 Å². The standard InChI is InChI=1S/C9H19NO4/c1-9(2,3)14-10-7(8(12)13)5-4-6-11/h7,10-11H,4-6H2,1-3H3,(H,12,13)/t7-/m0/s1. The van der Waals surface area contributed by atoms with Crippen LogP contribution in [0, 0.1) is 0 Å². The maximum absolute atomic E-state index is 10.7. The minimum absolute atomic E-state index is 0.0129. The predicted molar refractivity (Wildman–Crippen MR) is 51.7 cm³/mol. The lowest BCUT2D eigenvalue weighted by molar-refractivity contribution is -0.150. The van der Waals surface area contributed by atoms with Crippen LogP contribution in [-0.4, -0.2) is 34.4 Å². The molecule has 84 valence electrons. The van der Waals surface area contributed by atoms with Gasteiger partial charge >= 0.3 is 5.97 Å². The molecule has 5 heteroatoms. The Balaban J connectivity index is 3.91. The molecule has 0 aliphatic heterocycles. The lowest BCUT2D eigenvalue weighted by Crippen LogP contribution is -2.41. The molecule has 5 nitrogen and oxygen atoms in total. The molecule has 0 aliphatic carbocycles. The Hall–Kier alpha value is -0.650. The topological polar surface area (TPSA) is 78.8 Å². The molecule has 3 N–H and O–H groups in total. The average Bonchev–Trinajstić information content (AvgIpc) is 2.01. The van der Waals surface area contributed by atoms with E-state index in [1.165, 1.54) is 0 Å².